The first-order valence-electron chi connectivity index (χ1n) is 7.27. The first-order valence-corrected chi connectivity index (χ1v) is 8.15. The predicted octanol–water partition coefficient (Wildman–Crippen LogP) is 3.36. The SMILES string of the molecule is Cc1ccsc1C=CC(=O)NC1(CC(=O)O)CCCCC1. The van der Waals surface area contributed by atoms with Crippen molar-refractivity contribution in [3.63, 3.8) is 0 Å². The van der Waals surface area contributed by atoms with Gasteiger partial charge in [-0.25, -0.2) is 0 Å². The third-order valence-corrected chi connectivity index (χ3v) is 4.96. The maximum absolute atomic E-state index is 12.1. The topological polar surface area (TPSA) is 66.4 Å². The maximum Gasteiger partial charge on any atom is 0.305 e. The number of carboxylic acid groups (broad SMARTS) is 1. The molecule has 0 bridgehead atoms. The van der Waals surface area contributed by atoms with Crippen LogP contribution < -0.4 is 5.32 Å². The highest BCUT2D eigenvalue weighted by molar-refractivity contribution is 7.11. The minimum Gasteiger partial charge on any atom is -0.481 e. The maximum atomic E-state index is 12.1. The normalized spacial score (nSPS) is 17.8. The zero-order valence-corrected chi connectivity index (χ0v) is 13.0. The summed E-state index contributed by atoms with van der Waals surface area (Å²) in [6.07, 6.45) is 7.87. The van der Waals surface area contributed by atoms with Crippen molar-refractivity contribution in [2.24, 2.45) is 0 Å². The number of hydrogen-bond donors (Lipinski definition) is 2. The first-order chi connectivity index (χ1) is 10.0. The lowest BCUT2D eigenvalue weighted by molar-refractivity contribution is -0.139. The molecule has 0 atom stereocenters. The number of carbonyl (C=O) groups is 2. The fourth-order valence-electron chi connectivity index (χ4n) is 2.87. The van der Waals surface area contributed by atoms with Gasteiger partial charge in [0.2, 0.25) is 5.91 Å². The Balaban J connectivity index is 2.02. The van der Waals surface area contributed by atoms with Crippen LogP contribution in [0, 0.1) is 6.92 Å². The zero-order chi connectivity index (χ0) is 15.3. The number of amides is 1. The molecule has 1 aromatic rings. The third kappa shape index (κ3) is 4.43. The summed E-state index contributed by atoms with van der Waals surface area (Å²) in [4.78, 5) is 24.3. The molecule has 21 heavy (non-hydrogen) atoms. The van der Waals surface area contributed by atoms with Crippen molar-refractivity contribution in [2.75, 3.05) is 0 Å². The molecule has 0 aliphatic heterocycles. The molecule has 114 valence electrons. The van der Waals surface area contributed by atoms with E-state index >= 15 is 0 Å². The molecule has 1 aliphatic carbocycles. The van der Waals surface area contributed by atoms with E-state index in [0.717, 1.165) is 42.5 Å². The second kappa shape index (κ2) is 6.89. The van der Waals surface area contributed by atoms with Gasteiger partial charge in [-0.2, -0.15) is 0 Å². The van der Waals surface area contributed by atoms with Crippen molar-refractivity contribution in [1.29, 1.82) is 0 Å². The highest BCUT2D eigenvalue weighted by Crippen LogP contribution is 2.31. The molecular formula is C16H21NO3S. The molecule has 1 aliphatic rings. The molecule has 5 heteroatoms. The largest absolute Gasteiger partial charge is 0.481 e. The molecule has 1 heterocycles. The van der Waals surface area contributed by atoms with Crippen molar-refractivity contribution in [3.8, 4) is 0 Å². The predicted molar refractivity (Wildman–Crippen MR) is 84.3 cm³/mol. The van der Waals surface area contributed by atoms with Crippen LogP contribution in [-0.2, 0) is 9.59 Å². The van der Waals surface area contributed by atoms with E-state index in [4.69, 9.17) is 5.11 Å². The smallest absolute Gasteiger partial charge is 0.305 e. The van der Waals surface area contributed by atoms with Crippen LogP contribution in [0.5, 0.6) is 0 Å². The Morgan fingerprint density at radius 2 is 2.10 bits per heavy atom. The van der Waals surface area contributed by atoms with E-state index in [1.165, 1.54) is 6.08 Å². The average molecular weight is 307 g/mol. The summed E-state index contributed by atoms with van der Waals surface area (Å²) < 4.78 is 0. The van der Waals surface area contributed by atoms with Crippen LogP contribution in [0.15, 0.2) is 17.5 Å². The molecule has 1 saturated carbocycles. The molecule has 0 aromatic carbocycles. The number of thiophene rings is 1. The standard InChI is InChI=1S/C16H21NO3S/c1-12-7-10-21-13(12)5-6-14(18)17-16(11-15(19)20)8-3-2-4-9-16/h5-7,10H,2-4,8-9,11H2,1H3,(H,17,18)(H,19,20). The Morgan fingerprint density at radius 1 is 1.38 bits per heavy atom. The molecule has 0 unspecified atom stereocenters. The van der Waals surface area contributed by atoms with Gasteiger partial charge in [-0.05, 0) is 42.9 Å². The van der Waals surface area contributed by atoms with Crippen LogP contribution >= 0.6 is 11.3 Å². The lowest BCUT2D eigenvalue weighted by Gasteiger charge is -2.36. The van der Waals surface area contributed by atoms with Crippen molar-refractivity contribution in [3.05, 3.63) is 28.0 Å². The summed E-state index contributed by atoms with van der Waals surface area (Å²) in [6, 6.07) is 2.01. The van der Waals surface area contributed by atoms with Crippen molar-refractivity contribution >= 4 is 29.3 Å². The highest BCUT2D eigenvalue weighted by Gasteiger charge is 2.35. The Bertz CT molecular complexity index is 541. The molecule has 1 amide bonds. The minimum absolute atomic E-state index is 0.00457. The number of carbonyl (C=O) groups excluding carboxylic acids is 1. The van der Waals surface area contributed by atoms with Gasteiger partial charge in [0.1, 0.15) is 0 Å². The Kier molecular flexibility index (Phi) is 5.17. The Labute approximate surface area is 128 Å². The quantitative estimate of drug-likeness (QED) is 0.820. The van der Waals surface area contributed by atoms with Crippen LogP contribution in [0.4, 0.5) is 0 Å². The van der Waals surface area contributed by atoms with Crippen LogP contribution in [-0.4, -0.2) is 22.5 Å². The van der Waals surface area contributed by atoms with Gasteiger partial charge in [0, 0.05) is 11.0 Å². The highest BCUT2D eigenvalue weighted by atomic mass is 32.1. The average Bonchev–Trinajstić information content (AvgIpc) is 2.82. The van der Waals surface area contributed by atoms with Gasteiger partial charge in [0.15, 0.2) is 0 Å². The van der Waals surface area contributed by atoms with E-state index < -0.39 is 11.5 Å². The number of aliphatic carboxylic acids is 1. The van der Waals surface area contributed by atoms with Gasteiger partial charge in [-0.3, -0.25) is 9.59 Å². The lowest BCUT2D eigenvalue weighted by atomic mass is 9.79. The summed E-state index contributed by atoms with van der Waals surface area (Å²) in [7, 11) is 0. The van der Waals surface area contributed by atoms with Gasteiger partial charge >= 0.3 is 5.97 Å². The lowest BCUT2D eigenvalue weighted by Crippen LogP contribution is -2.50. The second-order valence-corrected chi connectivity index (χ2v) is 6.65. The van der Waals surface area contributed by atoms with Crippen LogP contribution in [0.3, 0.4) is 0 Å². The third-order valence-electron chi connectivity index (χ3n) is 3.98. The summed E-state index contributed by atoms with van der Waals surface area (Å²) in [5.74, 6) is -1.05. The van der Waals surface area contributed by atoms with Gasteiger partial charge in [0.25, 0.3) is 0 Å². The van der Waals surface area contributed by atoms with E-state index in [1.54, 1.807) is 17.4 Å². The monoisotopic (exact) mass is 307 g/mol. The van der Waals surface area contributed by atoms with Crippen molar-refractivity contribution in [2.45, 2.75) is 51.0 Å². The second-order valence-electron chi connectivity index (χ2n) is 5.70. The molecule has 0 radical (unpaired) electrons. The minimum atomic E-state index is -0.852. The number of rotatable bonds is 5. The number of carboxylic acids is 1. The van der Waals surface area contributed by atoms with Crippen LogP contribution in [0.1, 0.15) is 49.0 Å². The van der Waals surface area contributed by atoms with Crippen molar-refractivity contribution < 1.29 is 14.7 Å². The number of nitrogens with one attached hydrogen (secondary N) is 1. The summed E-state index contributed by atoms with van der Waals surface area (Å²) >= 11 is 1.59. The van der Waals surface area contributed by atoms with Crippen LogP contribution in [0.25, 0.3) is 6.08 Å². The summed E-state index contributed by atoms with van der Waals surface area (Å²) in [5, 5.41) is 14.0. The van der Waals surface area contributed by atoms with E-state index in [1.807, 2.05) is 18.4 Å². The molecule has 0 spiro atoms. The summed E-state index contributed by atoms with van der Waals surface area (Å²) in [5.41, 5.74) is 0.567. The van der Waals surface area contributed by atoms with Gasteiger partial charge < -0.3 is 10.4 Å². The molecule has 2 rings (SSSR count). The van der Waals surface area contributed by atoms with E-state index in [0.29, 0.717) is 0 Å². The van der Waals surface area contributed by atoms with Crippen molar-refractivity contribution in [1.82, 2.24) is 5.32 Å². The van der Waals surface area contributed by atoms with Crippen LogP contribution in [0.2, 0.25) is 0 Å². The molecule has 2 N–H and O–H groups in total. The Hall–Kier alpha value is -1.62. The zero-order valence-electron chi connectivity index (χ0n) is 12.2. The molecule has 1 fully saturated rings. The Morgan fingerprint density at radius 3 is 2.67 bits per heavy atom. The molecule has 0 saturated heterocycles. The molecule has 4 nitrogen and oxygen atoms in total. The number of hydrogen-bond acceptors (Lipinski definition) is 3. The number of aryl methyl sites for hydroxylation is 1. The van der Waals surface area contributed by atoms with E-state index in [2.05, 4.69) is 5.32 Å². The van der Waals surface area contributed by atoms with E-state index in [-0.39, 0.29) is 12.3 Å². The molecular weight excluding hydrogens is 286 g/mol. The summed E-state index contributed by atoms with van der Waals surface area (Å²) in [6.45, 7) is 2.00. The fraction of sp³-hybridized carbons (Fsp3) is 0.500. The fourth-order valence-corrected chi connectivity index (χ4v) is 3.69. The first kappa shape index (κ1) is 15.8. The van der Waals surface area contributed by atoms with Gasteiger partial charge in [-0.1, -0.05) is 19.3 Å². The van der Waals surface area contributed by atoms with Gasteiger partial charge in [0.05, 0.1) is 12.0 Å². The molecule has 1 aromatic heterocycles. The van der Waals surface area contributed by atoms with E-state index in [9.17, 15) is 9.59 Å². The van der Waals surface area contributed by atoms with Gasteiger partial charge in [-0.15, -0.1) is 11.3 Å².